The number of nitrogens with one attached hydrogen (secondary N) is 1. The van der Waals surface area contributed by atoms with E-state index in [0.717, 1.165) is 17.0 Å². The van der Waals surface area contributed by atoms with Crippen molar-refractivity contribution in [2.24, 2.45) is 11.8 Å². The zero-order chi connectivity index (χ0) is 28.2. The van der Waals surface area contributed by atoms with E-state index in [1.165, 1.54) is 24.0 Å². The molecule has 0 fully saturated rings. The molecule has 0 bridgehead atoms. The van der Waals surface area contributed by atoms with Crippen molar-refractivity contribution >= 4 is 17.5 Å². The molecule has 1 aliphatic heterocycles. The molecule has 3 rings (SSSR count). The van der Waals surface area contributed by atoms with Crippen LogP contribution in [0.25, 0.3) is 0 Å². The molecule has 0 saturated carbocycles. The van der Waals surface area contributed by atoms with Gasteiger partial charge in [0.2, 0.25) is 11.8 Å². The summed E-state index contributed by atoms with van der Waals surface area (Å²) in [5.74, 6) is -2.53. The number of halogens is 3. The zero-order valence-electron chi connectivity index (χ0n) is 21.5. The van der Waals surface area contributed by atoms with Gasteiger partial charge in [0.05, 0.1) is 34.8 Å². The van der Waals surface area contributed by atoms with E-state index in [1.54, 1.807) is 45.3 Å². The van der Waals surface area contributed by atoms with Crippen LogP contribution in [0.2, 0.25) is 0 Å². The van der Waals surface area contributed by atoms with E-state index in [1.807, 2.05) is 6.07 Å². The Hall–Kier alpha value is -4.15. The summed E-state index contributed by atoms with van der Waals surface area (Å²) in [5.41, 5.74) is 0.602. The predicted molar refractivity (Wildman–Crippen MR) is 135 cm³/mol. The molecule has 2 amide bonds. The molecular weight excluding hydrogens is 495 g/mol. The molecule has 1 N–H and O–H groups in total. The molecule has 7 nitrogen and oxygen atoms in total. The number of hydrogen-bond donors (Lipinski definition) is 1. The molecule has 1 heterocycles. The van der Waals surface area contributed by atoms with E-state index >= 15 is 0 Å². The largest absolute Gasteiger partial charge is 0.416 e. The summed E-state index contributed by atoms with van der Waals surface area (Å²) in [5, 5.41) is 22.5. The monoisotopic (exact) mass is 523 g/mol. The summed E-state index contributed by atoms with van der Waals surface area (Å²) in [6, 6.07) is 15.2. The smallest absolute Gasteiger partial charge is 0.349 e. The lowest BCUT2D eigenvalue weighted by atomic mass is 9.76. The normalized spacial score (nSPS) is 18.6. The van der Waals surface area contributed by atoms with Crippen LogP contribution in [0.1, 0.15) is 36.5 Å². The minimum Gasteiger partial charge on any atom is -0.349 e. The van der Waals surface area contributed by atoms with Crippen LogP contribution in [0.5, 0.6) is 0 Å². The number of rotatable bonds is 7. The number of alkyl halides is 3. The Bertz CT molecular complexity index is 1320. The number of nitriles is 2. The second kappa shape index (κ2) is 11.5. The molecule has 0 saturated heterocycles. The Morgan fingerprint density at radius 1 is 1.13 bits per heavy atom. The highest BCUT2D eigenvalue weighted by molar-refractivity contribution is 6.01. The number of anilines is 1. The SMILES string of the molecule is CC1=C(C#N)C(c2ccc(C#N)cc2)C(CNC[C@@H](C)C(=O)N(C)C)C(=O)N1c1cccc(C(F)(F)F)c1. The number of hydrogen-bond acceptors (Lipinski definition) is 5. The molecule has 2 unspecified atom stereocenters. The lowest BCUT2D eigenvalue weighted by Gasteiger charge is -2.39. The molecule has 3 atom stereocenters. The summed E-state index contributed by atoms with van der Waals surface area (Å²) in [4.78, 5) is 28.8. The summed E-state index contributed by atoms with van der Waals surface area (Å²) in [6.45, 7) is 3.61. The standard InChI is InChI=1S/C28H28F3N5O2/c1-17(26(37)35(3)4)15-34-16-24-25(20-10-8-19(13-32)9-11-20)23(14-33)18(2)36(27(24)38)22-7-5-6-21(12-22)28(29,30)31/h5-12,17,24-25,34H,15-16H2,1-4H3/t17-,24?,25?/m1/s1. The molecule has 0 radical (unpaired) electrons. The molecule has 1 aliphatic rings. The van der Waals surface area contributed by atoms with Gasteiger partial charge in [-0.15, -0.1) is 0 Å². The van der Waals surface area contributed by atoms with Crippen molar-refractivity contribution in [3.05, 3.63) is 76.5 Å². The van der Waals surface area contributed by atoms with Crippen LogP contribution in [0.4, 0.5) is 18.9 Å². The van der Waals surface area contributed by atoms with E-state index < -0.39 is 29.5 Å². The van der Waals surface area contributed by atoms with E-state index in [-0.39, 0.29) is 41.9 Å². The van der Waals surface area contributed by atoms with Gasteiger partial charge in [0.15, 0.2) is 0 Å². The first-order chi connectivity index (χ1) is 17.9. The maximum absolute atomic E-state index is 13.9. The first-order valence-electron chi connectivity index (χ1n) is 11.9. The molecule has 10 heteroatoms. The fourth-order valence-electron chi connectivity index (χ4n) is 4.67. The lowest BCUT2D eigenvalue weighted by molar-refractivity contribution is -0.137. The van der Waals surface area contributed by atoms with Gasteiger partial charge in [-0.1, -0.05) is 25.1 Å². The van der Waals surface area contributed by atoms with Gasteiger partial charge < -0.3 is 10.2 Å². The Labute approximate surface area is 219 Å². The van der Waals surface area contributed by atoms with Gasteiger partial charge in [-0.25, -0.2) is 0 Å². The van der Waals surface area contributed by atoms with Crippen LogP contribution < -0.4 is 10.2 Å². The van der Waals surface area contributed by atoms with Gasteiger partial charge in [-0.2, -0.15) is 23.7 Å². The summed E-state index contributed by atoms with van der Waals surface area (Å²) in [6.07, 6.45) is -4.61. The van der Waals surface area contributed by atoms with Crippen LogP contribution in [-0.2, 0) is 15.8 Å². The number of nitrogens with zero attached hydrogens (tertiary/aromatic N) is 4. The van der Waals surface area contributed by atoms with E-state index in [0.29, 0.717) is 11.1 Å². The fourth-order valence-corrected chi connectivity index (χ4v) is 4.67. The predicted octanol–water partition coefficient (Wildman–Crippen LogP) is 4.44. The molecule has 2 aromatic carbocycles. The third-order valence-electron chi connectivity index (χ3n) is 6.60. The molecule has 0 aliphatic carbocycles. The average molecular weight is 524 g/mol. The minimum absolute atomic E-state index is 0.00880. The quantitative estimate of drug-likeness (QED) is 0.579. The summed E-state index contributed by atoms with van der Waals surface area (Å²) >= 11 is 0. The van der Waals surface area contributed by atoms with E-state index in [2.05, 4.69) is 11.4 Å². The minimum atomic E-state index is -4.61. The van der Waals surface area contributed by atoms with Crippen molar-refractivity contribution in [3.8, 4) is 12.1 Å². The first-order valence-corrected chi connectivity index (χ1v) is 11.9. The number of carbonyl (C=O) groups excluding carboxylic acids is 2. The van der Waals surface area contributed by atoms with Gasteiger partial charge in [0.1, 0.15) is 0 Å². The molecule has 0 spiro atoms. The molecule has 198 valence electrons. The van der Waals surface area contributed by atoms with Gasteiger partial charge in [-0.05, 0) is 42.8 Å². The Balaban J connectivity index is 2.07. The van der Waals surface area contributed by atoms with Crippen molar-refractivity contribution < 1.29 is 22.8 Å². The van der Waals surface area contributed by atoms with E-state index in [4.69, 9.17) is 0 Å². The molecular formula is C28H28F3N5O2. The van der Waals surface area contributed by atoms with Crippen LogP contribution in [-0.4, -0.2) is 43.9 Å². The van der Waals surface area contributed by atoms with Gasteiger partial charge in [0.25, 0.3) is 0 Å². The van der Waals surface area contributed by atoms with Crippen LogP contribution >= 0.6 is 0 Å². The van der Waals surface area contributed by atoms with Gasteiger partial charge in [0, 0.05) is 50.4 Å². The lowest BCUT2D eigenvalue weighted by Crippen LogP contribution is -2.48. The Kier molecular flexibility index (Phi) is 8.60. The van der Waals surface area contributed by atoms with Crippen LogP contribution in [0.15, 0.2) is 59.8 Å². The van der Waals surface area contributed by atoms with Crippen LogP contribution in [0.3, 0.4) is 0 Å². The van der Waals surface area contributed by atoms with E-state index in [9.17, 15) is 33.3 Å². The number of amides is 2. The topological polar surface area (TPSA) is 100 Å². The highest BCUT2D eigenvalue weighted by atomic mass is 19.4. The molecule has 38 heavy (non-hydrogen) atoms. The maximum atomic E-state index is 13.9. The summed E-state index contributed by atoms with van der Waals surface area (Å²) < 4.78 is 40.3. The Morgan fingerprint density at radius 2 is 1.79 bits per heavy atom. The molecule has 0 aromatic heterocycles. The maximum Gasteiger partial charge on any atom is 0.416 e. The first kappa shape index (κ1) is 28.4. The fraction of sp³-hybridized carbons (Fsp3) is 0.357. The highest BCUT2D eigenvalue weighted by Gasteiger charge is 2.43. The average Bonchev–Trinajstić information content (AvgIpc) is 2.88. The van der Waals surface area contributed by atoms with Crippen molar-refractivity contribution in [2.75, 3.05) is 32.1 Å². The second-order valence-corrected chi connectivity index (χ2v) is 9.44. The third-order valence-corrected chi connectivity index (χ3v) is 6.60. The number of benzene rings is 2. The van der Waals surface area contributed by atoms with Crippen LogP contribution in [0, 0.1) is 34.5 Å². The second-order valence-electron chi connectivity index (χ2n) is 9.44. The van der Waals surface area contributed by atoms with Crippen molar-refractivity contribution in [1.29, 1.82) is 10.5 Å². The zero-order valence-corrected chi connectivity index (χ0v) is 21.5. The highest BCUT2D eigenvalue weighted by Crippen LogP contribution is 2.42. The van der Waals surface area contributed by atoms with Gasteiger partial charge in [-0.3, -0.25) is 14.5 Å². The van der Waals surface area contributed by atoms with Crippen molar-refractivity contribution in [2.45, 2.75) is 25.9 Å². The number of allylic oxidation sites excluding steroid dienone is 2. The molecule has 2 aromatic rings. The third kappa shape index (κ3) is 5.87. The number of carbonyl (C=O) groups is 2. The van der Waals surface area contributed by atoms with Crippen molar-refractivity contribution in [3.63, 3.8) is 0 Å². The van der Waals surface area contributed by atoms with Gasteiger partial charge >= 0.3 is 6.18 Å². The summed E-state index contributed by atoms with van der Waals surface area (Å²) in [7, 11) is 3.29. The Morgan fingerprint density at radius 3 is 2.34 bits per heavy atom. The van der Waals surface area contributed by atoms with Crippen molar-refractivity contribution in [1.82, 2.24) is 10.2 Å².